The average molecular weight is 344 g/mol. The maximum absolute atomic E-state index is 12.6. The van der Waals surface area contributed by atoms with Gasteiger partial charge in [0.1, 0.15) is 5.82 Å². The van der Waals surface area contributed by atoms with E-state index in [2.05, 4.69) is 15.3 Å². The third kappa shape index (κ3) is 3.08. The van der Waals surface area contributed by atoms with Crippen molar-refractivity contribution in [2.24, 2.45) is 5.92 Å². The fraction of sp³-hybridized carbons (Fsp3) is 0.412. The number of hydrogen-bond donors (Lipinski definition) is 1. The first-order valence-electron chi connectivity index (χ1n) is 7.96. The van der Waals surface area contributed by atoms with Crippen LogP contribution in [0.3, 0.4) is 0 Å². The van der Waals surface area contributed by atoms with Crippen molar-refractivity contribution in [3.63, 3.8) is 0 Å². The van der Waals surface area contributed by atoms with Gasteiger partial charge in [-0.15, -0.1) is 0 Å². The van der Waals surface area contributed by atoms with Crippen LogP contribution in [0.15, 0.2) is 28.3 Å². The minimum Gasteiger partial charge on any atom is -0.310 e. The molecule has 0 bridgehead atoms. The molecule has 3 heterocycles. The highest BCUT2D eigenvalue weighted by atomic mass is 32.2. The zero-order chi connectivity index (χ0) is 17.3. The molecule has 1 unspecified atom stereocenters. The van der Waals surface area contributed by atoms with Gasteiger partial charge in [0.15, 0.2) is 5.16 Å². The lowest BCUT2D eigenvalue weighted by Gasteiger charge is -2.25. The minimum absolute atomic E-state index is 0.0287. The van der Waals surface area contributed by atoms with Crippen LogP contribution < -0.4 is 10.9 Å². The molecule has 1 amide bonds. The summed E-state index contributed by atoms with van der Waals surface area (Å²) in [6, 6.07) is 3.73. The summed E-state index contributed by atoms with van der Waals surface area (Å²) in [6.45, 7) is 6.07. The lowest BCUT2D eigenvalue weighted by Crippen LogP contribution is -2.38. The highest BCUT2D eigenvalue weighted by molar-refractivity contribution is 7.99. The van der Waals surface area contributed by atoms with Gasteiger partial charge in [0.05, 0.1) is 5.92 Å². The van der Waals surface area contributed by atoms with Gasteiger partial charge in [0.25, 0.3) is 5.56 Å². The second-order valence-corrected chi connectivity index (χ2v) is 6.88. The van der Waals surface area contributed by atoms with E-state index >= 15 is 0 Å². The normalized spacial score (nSPS) is 16.5. The maximum Gasteiger partial charge on any atom is 0.257 e. The number of hydrogen-bond acceptors (Lipinski definition) is 5. The molecule has 1 atom stereocenters. The summed E-state index contributed by atoms with van der Waals surface area (Å²) >= 11 is 1.46. The Morgan fingerprint density at radius 2 is 2.25 bits per heavy atom. The standard InChI is InChI=1S/C17H20N4O2S/c1-4-13-11(3)19-17-21(16(13)23)8-12(9-24-17)15(22)20-14-10(2)6-5-7-18-14/h5-7,12H,4,8-9H2,1-3H3,(H,18,20,22). The molecule has 2 aromatic heterocycles. The van der Waals surface area contributed by atoms with Gasteiger partial charge < -0.3 is 5.32 Å². The summed E-state index contributed by atoms with van der Waals surface area (Å²) in [4.78, 5) is 33.9. The minimum atomic E-state index is -0.282. The Kier molecular flexibility index (Phi) is 4.71. The van der Waals surface area contributed by atoms with Crippen molar-refractivity contribution in [2.75, 3.05) is 11.1 Å². The molecule has 2 aromatic rings. The van der Waals surface area contributed by atoms with E-state index in [9.17, 15) is 9.59 Å². The number of pyridine rings is 1. The van der Waals surface area contributed by atoms with Gasteiger partial charge in [-0.1, -0.05) is 24.8 Å². The van der Waals surface area contributed by atoms with E-state index in [1.54, 1.807) is 10.8 Å². The molecule has 24 heavy (non-hydrogen) atoms. The zero-order valence-electron chi connectivity index (χ0n) is 14.0. The molecular formula is C17H20N4O2S. The van der Waals surface area contributed by atoms with Crippen molar-refractivity contribution in [2.45, 2.75) is 38.9 Å². The summed E-state index contributed by atoms with van der Waals surface area (Å²) in [5.74, 6) is 0.785. The largest absolute Gasteiger partial charge is 0.310 e. The average Bonchev–Trinajstić information content (AvgIpc) is 2.57. The second kappa shape index (κ2) is 6.76. The zero-order valence-corrected chi connectivity index (χ0v) is 14.8. The van der Waals surface area contributed by atoms with E-state index in [0.717, 1.165) is 16.8 Å². The molecule has 1 aliphatic rings. The van der Waals surface area contributed by atoms with E-state index in [-0.39, 0.29) is 17.4 Å². The molecule has 6 nitrogen and oxygen atoms in total. The molecule has 7 heteroatoms. The molecule has 0 saturated heterocycles. The first-order chi connectivity index (χ1) is 11.5. The van der Waals surface area contributed by atoms with Crippen LogP contribution in [0.2, 0.25) is 0 Å². The number of thioether (sulfide) groups is 1. The lowest BCUT2D eigenvalue weighted by molar-refractivity contribution is -0.119. The van der Waals surface area contributed by atoms with E-state index in [1.807, 2.05) is 32.9 Å². The van der Waals surface area contributed by atoms with Gasteiger partial charge in [-0.2, -0.15) is 0 Å². The molecule has 3 rings (SSSR count). The smallest absolute Gasteiger partial charge is 0.257 e. The van der Waals surface area contributed by atoms with E-state index < -0.39 is 0 Å². The molecule has 0 saturated carbocycles. The fourth-order valence-corrected chi connectivity index (χ4v) is 3.92. The lowest BCUT2D eigenvalue weighted by atomic mass is 10.1. The van der Waals surface area contributed by atoms with Crippen molar-refractivity contribution >= 4 is 23.5 Å². The van der Waals surface area contributed by atoms with Crippen LogP contribution in [0.1, 0.15) is 23.7 Å². The number of carbonyl (C=O) groups is 1. The van der Waals surface area contributed by atoms with Crippen LogP contribution in [-0.2, 0) is 17.8 Å². The van der Waals surface area contributed by atoms with Crippen molar-refractivity contribution < 1.29 is 4.79 Å². The van der Waals surface area contributed by atoms with E-state index in [4.69, 9.17) is 0 Å². The highest BCUT2D eigenvalue weighted by Gasteiger charge is 2.28. The first kappa shape index (κ1) is 16.7. The number of carbonyl (C=O) groups excluding carboxylic acids is 1. The number of rotatable bonds is 3. The van der Waals surface area contributed by atoms with Gasteiger partial charge >= 0.3 is 0 Å². The van der Waals surface area contributed by atoms with Gasteiger partial charge in [-0.3, -0.25) is 14.2 Å². The van der Waals surface area contributed by atoms with E-state index in [0.29, 0.717) is 29.7 Å². The Bertz CT molecular complexity index is 847. The topological polar surface area (TPSA) is 76.9 Å². The number of amides is 1. The third-order valence-electron chi connectivity index (χ3n) is 4.23. The SMILES string of the molecule is CCc1c(C)nc2n(c1=O)CC(C(=O)Nc1ncccc1C)CS2. The molecule has 0 fully saturated rings. The van der Waals surface area contributed by atoms with Crippen molar-refractivity contribution in [1.29, 1.82) is 0 Å². The van der Waals surface area contributed by atoms with Gasteiger partial charge in [-0.05, 0) is 31.9 Å². The summed E-state index contributed by atoms with van der Waals surface area (Å²) in [7, 11) is 0. The Balaban J connectivity index is 1.83. The summed E-state index contributed by atoms with van der Waals surface area (Å²) < 4.78 is 1.63. The first-order valence-corrected chi connectivity index (χ1v) is 8.95. The van der Waals surface area contributed by atoms with E-state index in [1.165, 1.54) is 11.8 Å². The number of anilines is 1. The number of nitrogens with zero attached hydrogens (tertiary/aromatic N) is 3. The number of aryl methyl sites for hydroxylation is 2. The van der Waals surface area contributed by atoms with Crippen LogP contribution in [0, 0.1) is 19.8 Å². The van der Waals surface area contributed by atoms with Gasteiger partial charge in [0.2, 0.25) is 5.91 Å². The van der Waals surface area contributed by atoms with Crippen LogP contribution >= 0.6 is 11.8 Å². The molecule has 0 aromatic carbocycles. The number of fused-ring (bicyclic) bond motifs is 1. The molecular weight excluding hydrogens is 324 g/mol. The molecule has 0 spiro atoms. The predicted octanol–water partition coefficient (Wildman–Crippen LogP) is 2.18. The van der Waals surface area contributed by atoms with Crippen LogP contribution in [0.25, 0.3) is 0 Å². The van der Waals surface area contributed by atoms with Crippen LogP contribution in [0.5, 0.6) is 0 Å². The molecule has 1 aliphatic heterocycles. The van der Waals surface area contributed by atoms with Crippen LogP contribution in [0.4, 0.5) is 5.82 Å². The predicted molar refractivity (Wildman–Crippen MR) is 94.4 cm³/mol. The summed E-state index contributed by atoms with van der Waals surface area (Å²) in [5.41, 5.74) is 2.39. The third-order valence-corrected chi connectivity index (χ3v) is 5.37. The Hall–Kier alpha value is -2.15. The maximum atomic E-state index is 12.6. The van der Waals surface area contributed by atoms with Crippen molar-refractivity contribution in [3.8, 4) is 0 Å². The molecule has 126 valence electrons. The number of nitrogens with one attached hydrogen (secondary N) is 1. The Morgan fingerprint density at radius 1 is 1.46 bits per heavy atom. The molecule has 1 N–H and O–H groups in total. The van der Waals surface area contributed by atoms with Gasteiger partial charge in [-0.25, -0.2) is 9.97 Å². The molecule has 0 aliphatic carbocycles. The van der Waals surface area contributed by atoms with Gasteiger partial charge in [0, 0.05) is 29.8 Å². The van der Waals surface area contributed by atoms with Crippen molar-refractivity contribution in [1.82, 2.24) is 14.5 Å². The summed E-state index contributed by atoms with van der Waals surface area (Å²) in [6.07, 6.45) is 2.30. The summed E-state index contributed by atoms with van der Waals surface area (Å²) in [5, 5.41) is 3.57. The second-order valence-electron chi connectivity index (χ2n) is 5.89. The quantitative estimate of drug-likeness (QED) is 0.864. The Morgan fingerprint density at radius 3 is 2.96 bits per heavy atom. The van der Waals surface area contributed by atoms with Crippen LogP contribution in [-0.4, -0.2) is 26.2 Å². The fourth-order valence-electron chi connectivity index (χ4n) is 2.80. The number of aromatic nitrogens is 3. The Labute approximate surface area is 144 Å². The molecule has 0 radical (unpaired) electrons. The van der Waals surface area contributed by atoms with Crippen molar-refractivity contribution in [3.05, 3.63) is 45.5 Å². The highest BCUT2D eigenvalue weighted by Crippen LogP contribution is 2.26. The monoisotopic (exact) mass is 344 g/mol.